The Balaban J connectivity index is 1.68. The van der Waals surface area contributed by atoms with E-state index in [1.54, 1.807) is 4.31 Å². The molecule has 8 heteroatoms. The number of benzene rings is 1. The van der Waals surface area contributed by atoms with E-state index in [1.807, 2.05) is 37.3 Å². The molecule has 2 atom stereocenters. The van der Waals surface area contributed by atoms with E-state index in [2.05, 4.69) is 10.2 Å². The number of alkyl halides is 1. The summed E-state index contributed by atoms with van der Waals surface area (Å²) < 4.78 is 26.4. The van der Waals surface area contributed by atoms with Crippen molar-refractivity contribution in [2.24, 2.45) is 0 Å². The van der Waals surface area contributed by atoms with Crippen LogP contribution < -0.4 is 5.32 Å². The van der Waals surface area contributed by atoms with Gasteiger partial charge >= 0.3 is 0 Å². The van der Waals surface area contributed by atoms with E-state index in [4.69, 9.17) is 11.6 Å². The number of amides is 1. The lowest BCUT2D eigenvalue weighted by Gasteiger charge is -2.50. The van der Waals surface area contributed by atoms with Gasteiger partial charge in [0.1, 0.15) is 0 Å². The van der Waals surface area contributed by atoms with E-state index in [0.717, 1.165) is 25.7 Å². The standard InChI is InChI=1S/C21H32ClN3O3S/c1-2-15-29(27,28)25-13-11-24(12-14-25)21(10-6-9-19(22)16-21)17-23-20(26)18-7-4-3-5-8-18/h3-5,7-8,19H,2,6,9-17H2,1H3,(H,23,26). The molecule has 0 spiro atoms. The first kappa shape index (κ1) is 22.5. The van der Waals surface area contributed by atoms with Crippen molar-refractivity contribution in [3.63, 3.8) is 0 Å². The molecule has 0 radical (unpaired) electrons. The van der Waals surface area contributed by atoms with Gasteiger partial charge in [-0.3, -0.25) is 9.69 Å². The third kappa shape index (κ3) is 5.51. The Morgan fingerprint density at radius 2 is 1.90 bits per heavy atom. The third-order valence-electron chi connectivity index (χ3n) is 6.14. The van der Waals surface area contributed by atoms with E-state index in [1.165, 1.54) is 0 Å². The van der Waals surface area contributed by atoms with Gasteiger partial charge in [0.25, 0.3) is 5.91 Å². The molecule has 2 fully saturated rings. The zero-order valence-electron chi connectivity index (χ0n) is 17.1. The summed E-state index contributed by atoms with van der Waals surface area (Å²) in [7, 11) is -3.17. The minimum atomic E-state index is -3.17. The third-order valence-corrected chi connectivity index (χ3v) is 8.59. The van der Waals surface area contributed by atoms with Gasteiger partial charge in [-0.05, 0) is 37.8 Å². The maximum atomic E-state index is 12.6. The summed E-state index contributed by atoms with van der Waals surface area (Å²) >= 11 is 6.55. The Labute approximate surface area is 179 Å². The highest BCUT2D eigenvalue weighted by Crippen LogP contribution is 2.36. The summed E-state index contributed by atoms with van der Waals surface area (Å²) in [6, 6.07) is 9.23. The molecular formula is C21H32ClN3O3S. The smallest absolute Gasteiger partial charge is 0.251 e. The molecule has 1 saturated heterocycles. The Morgan fingerprint density at radius 3 is 2.52 bits per heavy atom. The molecule has 6 nitrogen and oxygen atoms in total. The molecule has 0 aromatic heterocycles. The van der Waals surface area contributed by atoms with E-state index >= 15 is 0 Å². The quantitative estimate of drug-likeness (QED) is 0.660. The number of hydrogen-bond donors (Lipinski definition) is 1. The van der Waals surface area contributed by atoms with Gasteiger partial charge in [0.15, 0.2) is 0 Å². The second kappa shape index (κ2) is 9.77. The van der Waals surface area contributed by atoms with Gasteiger partial charge in [0.05, 0.1) is 5.75 Å². The van der Waals surface area contributed by atoms with Crippen molar-refractivity contribution < 1.29 is 13.2 Å². The second-order valence-corrected chi connectivity index (χ2v) is 10.9. The Morgan fingerprint density at radius 1 is 1.21 bits per heavy atom. The zero-order valence-corrected chi connectivity index (χ0v) is 18.7. The van der Waals surface area contributed by atoms with Crippen molar-refractivity contribution in [3.05, 3.63) is 35.9 Å². The molecule has 3 rings (SSSR count). The van der Waals surface area contributed by atoms with Gasteiger partial charge in [-0.25, -0.2) is 8.42 Å². The topological polar surface area (TPSA) is 69.7 Å². The molecule has 1 heterocycles. The van der Waals surface area contributed by atoms with Crippen LogP contribution in [0.2, 0.25) is 0 Å². The number of nitrogens with one attached hydrogen (secondary N) is 1. The number of hydrogen-bond acceptors (Lipinski definition) is 4. The van der Waals surface area contributed by atoms with Crippen LogP contribution in [-0.2, 0) is 10.0 Å². The maximum absolute atomic E-state index is 12.6. The van der Waals surface area contributed by atoms with Crippen LogP contribution >= 0.6 is 11.6 Å². The minimum Gasteiger partial charge on any atom is -0.350 e. The highest BCUT2D eigenvalue weighted by molar-refractivity contribution is 7.89. The predicted molar refractivity (Wildman–Crippen MR) is 117 cm³/mol. The molecule has 2 aliphatic rings. The lowest BCUT2D eigenvalue weighted by atomic mass is 9.79. The number of rotatable bonds is 7. The molecule has 2 unspecified atom stereocenters. The average molecular weight is 442 g/mol. The number of nitrogens with zero attached hydrogens (tertiary/aromatic N) is 2. The molecule has 1 aromatic carbocycles. The minimum absolute atomic E-state index is 0.0779. The predicted octanol–water partition coefficient (Wildman–Crippen LogP) is 2.69. The largest absolute Gasteiger partial charge is 0.350 e. The molecule has 1 amide bonds. The van der Waals surface area contributed by atoms with Crippen molar-refractivity contribution in [3.8, 4) is 0 Å². The van der Waals surface area contributed by atoms with Crippen LogP contribution in [-0.4, -0.2) is 72.9 Å². The molecule has 1 saturated carbocycles. The summed E-state index contributed by atoms with van der Waals surface area (Å²) in [5, 5.41) is 3.20. The first-order valence-electron chi connectivity index (χ1n) is 10.6. The van der Waals surface area contributed by atoms with Gasteiger partial charge in [-0.15, -0.1) is 11.6 Å². The monoisotopic (exact) mass is 441 g/mol. The van der Waals surface area contributed by atoms with Crippen LogP contribution in [0, 0.1) is 0 Å². The molecule has 1 aliphatic carbocycles. The first-order valence-corrected chi connectivity index (χ1v) is 12.6. The number of halogens is 1. The fraction of sp³-hybridized carbons (Fsp3) is 0.667. The van der Waals surface area contributed by atoms with Crippen molar-refractivity contribution in [1.29, 1.82) is 0 Å². The van der Waals surface area contributed by atoms with Gasteiger partial charge in [0, 0.05) is 49.2 Å². The van der Waals surface area contributed by atoms with Gasteiger partial charge in [-0.2, -0.15) is 4.31 Å². The summed E-state index contributed by atoms with van der Waals surface area (Å²) in [4.78, 5) is 15.0. The van der Waals surface area contributed by atoms with Crippen LogP contribution in [0.1, 0.15) is 49.4 Å². The Kier molecular flexibility index (Phi) is 7.59. The van der Waals surface area contributed by atoms with Crippen LogP contribution in [0.15, 0.2) is 30.3 Å². The maximum Gasteiger partial charge on any atom is 0.251 e. The number of carbonyl (C=O) groups excluding carboxylic acids is 1. The lowest BCUT2D eigenvalue weighted by molar-refractivity contribution is 0.0251. The normalized spacial score (nSPS) is 26.9. The number of piperazine rings is 1. The van der Waals surface area contributed by atoms with E-state index < -0.39 is 10.0 Å². The summed E-state index contributed by atoms with van der Waals surface area (Å²) in [5.41, 5.74) is 0.437. The van der Waals surface area contributed by atoms with Crippen molar-refractivity contribution >= 4 is 27.5 Å². The number of sulfonamides is 1. The average Bonchev–Trinajstić information content (AvgIpc) is 2.73. The van der Waals surface area contributed by atoms with Gasteiger partial charge in [0.2, 0.25) is 10.0 Å². The van der Waals surface area contributed by atoms with Crippen molar-refractivity contribution in [2.45, 2.75) is 49.9 Å². The van der Waals surface area contributed by atoms with Crippen LogP contribution in [0.4, 0.5) is 0 Å². The summed E-state index contributed by atoms with van der Waals surface area (Å²) in [6.45, 7) is 4.78. The van der Waals surface area contributed by atoms with E-state index in [9.17, 15) is 13.2 Å². The second-order valence-electron chi connectivity index (χ2n) is 8.17. The molecule has 162 valence electrons. The van der Waals surface area contributed by atoms with Crippen molar-refractivity contribution in [2.75, 3.05) is 38.5 Å². The SMILES string of the molecule is CCCS(=O)(=O)N1CCN(C2(CNC(=O)c3ccccc3)CCCC(Cl)C2)CC1. The Hall–Kier alpha value is -1.15. The molecule has 29 heavy (non-hydrogen) atoms. The van der Waals surface area contributed by atoms with E-state index in [-0.39, 0.29) is 22.6 Å². The van der Waals surface area contributed by atoms with Crippen LogP contribution in [0.3, 0.4) is 0 Å². The summed E-state index contributed by atoms with van der Waals surface area (Å²) in [6.07, 6.45) is 4.41. The lowest BCUT2D eigenvalue weighted by Crippen LogP contribution is -2.63. The van der Waals surface area contributed by atoms with Gasteiger partial charge in [-0.1, -0.05) is 31.5 Å². The molecule has 0 bridgehead atoms. The molecule has 1 aromatic rings. The molecular weight excluding hydrogens is 410 g/mol. The van der Waals surface area contributed by atoms with Gasteiger partial charge < -0.3 is 5.32 Å². The first-order chi connectivity index (χ1) is 13.9. The highest BCUT2D eigenvalue weighted by atomic mass is 35.5. The zero-order chi connectivity index (χ0) is 20.9. The van der Waals surface area contributed by atoms with Crippen LogP contribution in [0.25, 0.3) is 0 Å². The van der Waals surface area contributed by atoms with E-state index in [0.29, 0.717) is 44.7 Å². The summed E-state index contributed by atoms with van der Waals surface area (Å²) in [5.74, 6) is 0.125. The fourth-order valence-corrected chi connectivity index (χ4v) is 6.53. The fourth-order valence-electron chi connectivity index (χ4n) is 4.59. The molecule has 1 N–H and O–H groups in total. The highest BCUT2D eigenvalue weighted by Gasteiger charge is 2.43. The van der Waals surface area contributed by atoms with Crippen LogP contribution in [0.5, 0.6) is 0 Å². The Bertz CT molecular complexity index is 782. The van der Waals surface area contributed by atoms with Crippen molar-refractivity contribution in [1.82, 2.24) is 14.5 Å². The molecule has 1 aliphatic heterocycles. The number of carbonyl (C=O) groups is 1.